The van der Waals surface area contributed by atoms with Gasteiger partial charge in [0.15, 0.2) is 0 Å². The van der Waals surface area contributed by atoms with Crippen molar-refractivity contribution in [1.29, 1.82) is 0 Å². The summed E-state index contributed by atoms with van der Waals surface area (Å²) < 4.78 is 10.5. The van der Waals surface area contributed by atoms with Gasteiger partial charge in [0, 0.05) is 25.8 Å². The maximum atomic E-state index is 5.56. The molecule has 1 heterocycles. The largest absolute Gasteiger partial charge is 0.444 e. The molecule has 19 heavy (non-hydrogen) atoms. The van der Waals surface area contributed by atoms with Gasteiger partial charge in [0.1, 0.15) is 6.26 Å². The SMILES string of the molecule is COCCNCc1coc(-c2cccc(C)c2C)n1. The molecule has 0 atom stereocenters. The van der Waals surface area contributed by atoms with Crippen molar-refractivity contribution in [3.8, 4) is 11.5 Å². The number of nitrogens with one attached hydrogen (secondary N) is 1. The highest BCUT2D eigenvalue weighted by Gasteiger charge is 2.10. The van der Waals surface area contributed by atoms with Crippen LogP contribution in [-0.2, 0) is 11.3 Å². The fourth-order valence-electron chi connectivity index (χ4n) is 1.89. The first-order valence-electron chi connectivity index (χ1n) is 6.43. The van der Waals surface area contributed by atoms with E-state index >= 15 is 0 Å². The summed E-state index contributed by atoms with van der Waals surface area (Å²) in [6.45, 7) is 6.38. The molecule has 0 bridgehead atoms. The van der Waals surface area contributed by atoms with Crippen molar-refractivity contribution in [2.45, 2.75) is 20.4 Å². The minimum absolute atomic E-state index is 0.685. The van der Waals surface area contributed by atoms with Gasteiger partial charge in [-0.2, -0.15) is 0 Å². The molecular formula is C15H20N2O2. The summed E-state index contributed by atoms with van der Waals surface area (Å²) in [5, 5.41) is 3.25. The Morgan fingerprint density at radius 1 is 1.32 bits per heavy atom. The van der Waals surface area contributed by atoms with E-state index in [2.05, 4.69) is 30.2 Å². The Morgan fingerprint density at radius 2 is 2.16 bits per heavy atom. The van der Waals surface area contributed by atoms with Crippen molar-refractivity contribution in [2.75, 3.05) is 20.3 Å². The summed E-state index contributed by atoms with van der Waals surface area (Å²) in [5.74, 6) is 0.685. The number of ether oxygens (including phenoxy) is 1. The van der Waals surface area contributed by atoms with E-state index in [1.165, 1.54) is 11.1 Å². The third kappa shape index (κ3) is 3.43. The Hall–Kier alpha value is -1.65. The van der Waals surface area contributed by atoms with E-state index in [0.29, 0.717) is 19.0 Å². The van der Waals surface area contributed by atoms with Crippen LogP contribution in [0.25, 0.3) is 11.5 Å². The van der Waals surface area contributed by atoms with Crippen LogP contribution in [0.4, 0.5) is 0 Å². The number of hydrogen-bond acceptors (Lipinski definition) is 4. The van der Waals surface area contributed by atoms with Crippen LogP contribution in [0.3, 0.4) is 0 Å². The number of oxazole rings is 1. The molecule has 0 aliphatic heterocycles. The topological polar surface area (TPSA) is 47.3 Å². The zero-order valence-electron chi connectivity index (χ0n) is 11.7. The van der Waals surface area contributed by atoms with E-state index in [9.17, 15) is 0 Å². The second-order valence-corrected chi connectivity index (χ2v) is 4.56. The van der Waals surface area contributed by atoms with Crippen molar-refractivity contribution in [1.82, 2.24) is 10.3 Å². The molecule has 0 unspecified atom stereocenters. The molecule has 4 nitrogen and oxygen atoms in total. The maximum Gasteiger partial charge on any atom is 0.226 e. The summed E-state index contributed by atoms with van der Waals surface area (Å²) in [5.41, 5.74) is 4.42. The van der Waals surface area contributed by atoms with Crippen LogP contribution >= 0.6 is 0 Å². The Balaban J connectivity index is 2.06. The molecule has 2 aromatic rings. The molecule has 0 fully saturated rings. The van der Waals surface area contributed by atoms with Gasteiger partial charge >= 0.3 is 0 Å². The molecule has 0 saturated heterocycles. The lowest BCUT2D eigenvalue weighted by Gasteiger charge is -2.04. The predicted octanol–water partition coefficient (Wildman–Crippen LogP) is 2.69. The number of aromatic nitrogens is 1. The van der Waals surface area contributed by atoms with Crippen LogP contribution in [0.1, 0.15) is 16.8 Å². The monoisotopic (exact) mass is 260 g/mol. The number of rotatable bonds is 6. The third-order valence-corrected chi connectivity index (χ3v) is 3.18. The van der Waals surface area contributed by atoms with Crippen LogP contribution in [0.2, 0.25) is 0 Å². The molecule has 0 aliphatic rings. The van der Waals surface area contributed by atoms with Crippen LogP contribution in [0.15, 0.2) is 28.9 Å². The molecule has 102 valence electrons. The smallest absolute Gasteiger partial charge is 0.226 e. The first kappa shape index (κ1) is 13.8. The number of nitrogens with zero attached hydrogens (tertiary/aromatic N) is 1. The molecule has 1 N–H and O–H groups in total. The van der Waals surface area contributed by atoms with E-state index in [-0.39, 0.29) is 0 Å². The molecule has 0 saturated carbocycles. The standard InChI is InChI=1S/C15H20N2O2/c1-11-5-4-6-14(12(11)2)15-17-13(10-19-15)9-16-7-8-18-3/h4-6,10,16H,7-9H2,1-3H3. The van der Waals surface area contributed by atoms with Crippen molar-refractivity contribution >= 4 is 0 Å². The number of benzene rings is 1. The van der Waals surface area contributed by atoms with Crippen molar-refractivity contribution < 1.29 is 9.15 Å². The van der Waals surface area contributed by atoms with Crippen LogP contribution in [0.5, 0.6) is 0 Å². The summed E-state index contributed by atoms with van der Waals surface area (Å²) in [6, 6.07) is 6.16. The highest BCUT2D eigenvalue weighted by atomic mass is 16.5. The van der Waals surface area contributed by atoms with Gasteiger partial charge in [0.2, 0.25) is 5.89 Å². The number of methoxy groups -OCH3 is 1. The Kier molecular flexibility index (Phi) is 4.71. The second-order valence-electron chi connectivity index (χ2n) is 4.56. The lowest BCUT2D eigenvalue weighted by molar-refractivity contribution is 0.199. The normalized spacial score (nSPS) is 10.9. The highest BCUT2D eigenvalue weighted by Crippen LogP contribution is 2.24. The molecule has 0 radical (unpaired) electrons. The van der Waals surface area contributed by atoms with Gasteiger partial charge in [-0.1, -0.05) is 12.1 Å². The zero-order chi connectivity index (χ0) is 13.7. The van der Waals surface area contributed by atoms with E-state index in [1.807, 2.05) is 12.1 Å². The number of aryl methyl sites for hydroxylation is 1. The number of hydrogen-bond donors (Lipinski definition) is 1. The van der Waals surface area contributed by atoms with Gasteiger partial charge < -0.3 is 14.5 Å². The van der Waals surface area contributed by atoms with Gasteiger partial charge in [-0.05, 0) is 31.0 Å². The molecular weight excluding hydrogens is 240 g/mol. The molecule has 0 aliphatic carbocycles. The Morgan fingerprint density at radius 3 is 2.95 bits per heavy atom. The van der Waals surface area contributed by atoms with E-state index < -0.39 is 0 Å². The summed E-state index contributed by atoms with van der Waals surface area (Å²) in [7, 11) is 1.69. The van der Waals surface area contributed by atoms with Crippen molar-refractivity contribution in [3.05, 3.63) is 41.3 Å². The van der Waals surface area contributed by atoms with Gasteiger partial charge in [-0.3, -0.25) is 0 Å². The average Bonchev–Trinajstić information content (AvgIpc) is 2.87. The molecule has 0 spiro atoms. The second kappa shape index (κ2) is 6.50. The first-order chi connectivity index (χ1) is 9.22. The Bertz CT molecular complexity index is 535. The molecule has 0 amide bonds. The van der Waals surface area contributed by atoms with Crippen molar-refractivity contribution in [3.63, 3.8) is 0 Å². The minimum Gasteiger partial charge on any atom is -0.444 e. The van der Waals surface area contributed by atoms with Crippen LogP contribution in [0, 0.1) is 13.8 Å². The molecule has 2 rings (SSSR count). The lowest BCUT2D eigenvalue weighted by atomic mass is 10.0. The summed E-state index contributed by atoms with van der Waals surface area (Å²) in [6.07, 6.45) is 1.71. The van der Waals surface area contributed by atoms with Gasteiger partial charge in [-0.25, -0.2) is 4.98 Å². The fourth-order valence-corrected chi connectivity index (χ4v) is 1.89. The predicted molar refractivity (Wildman–Crippen MR) is 75.0 cm³/mol. The first-order valence-corrected chi connectivity index (χ1v) is 6.43. The van der Waals surface area contributed by atoms with Gasteiger partial charge in [0.25, 0.3) is 0 Å². The fraction of sp³-hybridized carbons (Fsp3) is 0.400. The molecule has 1 aromatic heterocycles. The highest BCUT2D eigenvalue weighted by molar-refractivity contribution is 5.60. The van der Waals surface area contributed by atoms with Crippen LogP contribution in [-0.4, -0.2) is 25.2 Å². The summed E-state index contributed by atoms with van der Waals surface area (Å²) >= 11 is 0. The lowest BCUT2D eigenvalue weighted by Crippen LogP contribution is -2.18. The summed E-state index contributed by atoms with van der Waals surface area (Å²) in [4.78, 5) is 4.51. The van der Waals surface area contributed by atoms with Crippen LogP contribution < -0.4 is 5.32 Å². The van der Waals surface area contributed by atoms with Crippen molar-refractivity contribution in [2.24, 2.45) is 0 Å². The van der Waals surface area contributed by atoms with E-state index in [4.69, 9.17) is 9.15 Å². The van der Waals surface area contributed by atoms with Gasteiger partial charge in [0.05, 0.1) is 12.3 Å². The molecule has 4 heteroatoms. The Labute approximate surface area is 113 Å². The van der Waals surface area contributed by atoms with Gasteiger partial charge in [-0.15, -0.1) is 0 Å². The quantitative estimate of drug-likeness (QED) is 0.811. The minimum atomic E-state index is 0.685. The maximum absolute atomic E-state index is 5.56. The molecule has 1 aromatic carbocycles. The zero-order valence-corrected chi connectivity index (χ0v) is 11.7. The average molecular weight is 260 g/mol. The van der Waals surface area contributed by atoms with E-state index in [1.54, 1.807) is 13.4 Å². The van der Waals surface area contributed by atoms with E-state index in [0.717, 1.165) is 17.8 Å². The third-order valence-electron chi connectivity index (χ3n) is 3.18.